The first-order valence-electron chi connectivity index (χ1n) is 5.25. The molecule has 0 spiro atoms. The normalized spacial score (nSPS) is 10.0. The van der Waals surface area contributed by atoms with Crippen molar-refractivity contribution in [3.8, 4) is 0 Å². The zero-order valence-corrected chi connectivity index (χ0v) is 9.97. The zero-order chi connectivity index (χ0) is 14.6. The molecule has 0 bridgehead atoms. The molecule has 1 aromatic carbocycles. The Morgan fingerprint density at radius 1 is 1.47 bits per heavy atom. The Balaban J connectivity index is 3.53. The lowest BCUT2D eigenvalue weighted by Gasteiger charge is -2.09. The second-order valence-corrected chi connectivity index (χ2v) is 3.68. The molecule has 0 fully saturated rings. The van der Waals surface area contributed by atoms with E-state index in [1.807, 2.05) is 0 Å². The number of benzene rings is 1. The van der Waals surface area contributed by atoms with Gasteiger partial charge in [0.2, 0.25) is 5.91 Å². The van der Waals surface area contributed by atoms with Crippen LogP contribution < -0.4 is 5.32 Å². The Kier molecular flexibility index (Phi) is 4.51. The smallest absolute Gasteiger partial charge is 0.343 e. The van der Waals surface area contributed by atoms with Gasteiger partial charge in [0.15, 0.2) is 0 Å². The molecule has 7 nitrogen and oxygen atoms in total. The predicted molar refractivity (Wildman–Crippen MR) is 64.0 cm³/mol. The summed E-state index contributed by atoms with van der Waals surface area (Å²) in [4.78, 5) is 32.1. The van der Waals surface area contributed by atoms with Crippen LogP contribution in [0.5, 0.6) is 0 Å². The van der Waals surface area contributed by atoms with Crippen molar-refractivity contribution in [2.75, 3.05) is 12.0 Å². The second-order valence-electron chi connectivity index (χ2n) is 3.68. The van der Waals surface area contributed by atoms with Crippen LogP contribution >= 0.6 is 0 Å². The van der Waals surface area contributed by atoms with Crippen molar-refractivity contribution in [2.24, 2.45) is 0 Å². The second kappa shape index (κ2) is 5.89. The fraction of sp³-hybridized carbons (Fsp3) is 0.273. The number of hydrogen-bond donors (Lipinski definition) is 2. The molecule has 0 saturated heterocycles. The maximum absolute atomic E-state index is 12.3. The van der Waals surface area contributed by atoms with Crippen LogP contribution in [-0.2, 0) is 11.2 Å². The van der Waals surface area contributed by atoms with E-state index in [-0.39, 0.29) is 17.7 Å². The highest BCUT2D eigenvalue weighted by Crippen LogP contribution is 2.32. The summed E-state index contributed by atoms with van der Waals surface area (Å²) in [6.07, 6.45) is -0.247. The van der Waals surface area contributed by atoms with Crippen LogP contribution in [0.4, 0.5) is 15.8 Å². The Morgan fingerprint density at radius 2 is 2.11 bits per heavy atom. The topological polar surface area (TPSA) is 110 Å². The molecule has 0 unspecified atom stereocenters. The van der Waals surface area contributed by atoms with E-state index < -0.39 is 34.7 Å². The largest absolute Gasteiger partial charge is 0.477 e. The minimum absolute atomic E-state index is 0.0100. The van der Waals surface area contributed by atoms with Crippen molar-refractivity contribution in [3.63, 3.8) is 0 Å². The quantitative estimate of drug-likeness (QED) is 0.625. The molecule has 0 atom stereocenters. The standard InChI is InChI=1S/C11H11FN2O5/c1-6(15)13-8-3-2-7(4-5-12)9(11(16)17)10(8)14(18)19/h2-3H,4-5H2,1H3,(H,13,15)(H,16,17). The highest BCUT2D eigenvalue weighted by atomic mass is 19.1. The van der Waals surface area contributed by atoms with Gasteiger partial charge in [-0.1, -0.05) is 6.07 Å². The monoisotopic (exact) mass is 270 g/mol. The Hall–Kier alpha value is -2.51. The zero-order valence-electron chi connectivity index (χ0n) is 9.97. The van der Waals surface area contributed by atoms with Crippen LogP contribution in [-0.4, -0.2) is 28.6 Å². The number of carbonyl (C=O) groups is 2. The van der Waals surface area contributed by atoms with E-state index in [9.17, 15) is 24.1 Å². The number of anilines is 1. The van der Waals surface area contributed by atoms with Gasteiger partial charge in [0.1, 0.15) is 11.3 Å². The molecule has 1 aromatic rings. The van der Waals surface area contributed by atoms with Gasteiger partial charge in [0.05, 0.1) is 11.6 Å². The van der Waals surface area contributed by atoms with E-state index in [2.05, 4.69) is 5.32 Å². The maximum atomic E-state index is 12.3. The number of aromatic carboxylic acids is 1. The van der Waals surface area contributed by atoms with Gasteiger partial charge in [-0.3, -0.25) is 19.3 Å². The highest BCUT2D eigenvalue weighted by molar-refractivity contribution is 6.00. The first kappa shape index (κ1) is 14.6. The van der Waals surface area contributed by atoms with Crippen molar-refractivity contribution in [1.29, 1.82) is 0 Å². The van der Waals surface area contributed by atoms with Crippen molar-refractivity contribution in [2.45, 2.75) is 13.3 Å². The first-order valence-corrected chi connectivity index (χ1v) is 5.25. The third-order valence-electron chi connectivity index (χ3n) is 2.34. The van der Waals surface area contributed by atoms with E-state index in [4.69, 9.17) is 5.11 Å². The lowest BCUT2D eigenvalue weighted by molar-refractivity contribution is -0.384. The Labute approximate surface area is 107 Å². The molecule has 0 aliphatic heterocycles. The Bertz CT molecular complexity index is 544. The van der Waals surface area contributed by atoms with Crippen LogP contribution in [0.25, 0.3) is 0 Å². The predicted octanol–water partition coefficient (Wildman–Crippen LogP) is 1.76. The van der Waals surface area contributed by atoms with Gasteiger partial charge in [-0.15, -0.1) is 0 Å². The van der Waals surface area contributed by atoms with E-state index in [1.165, 1.54) is 12.1 Å². The summed E-state index contributed by atoms with van der Waals surface area (Å²) in [5.74, 6) is -2.11. The lowest BCUT2D eigenvalue weighted by Crippen LogP contribution is -2.13. The van der Waals surface area contributed by atoms with E-state index in [0.29, 0.717) is 0 Å². The molecule has 0 radical (unpaired) electrons. The summed E-state index contributed by atoms with van der Waals surface area (Å²) < 4.78 is 12.3. The van der Waals surface area contributed by atoms with Gasteiger partial charge in [-0.2, -0.15) is 0 Å². The van der Waals surface area contributed by atoms with Crippen LogP contribution in [0.15, 0.2) is 12.1 Å². The van der Waals surface area contributed by atoms with Gasteiger partial charge >= 0.3 is 11.7 Å². The molecule has 102 valence electrons. The highest BCUT2D eigenvalue weighted by Gasteiger charge is 2.28. The SMILES string of the molecule is CC(=O)Nc1ccc(CCF)c(C(=O)O)c1[N+](=O)[O-]. The summed E-state index contributed by atoms with van der Waals surface area (Å²) >= 11 is 0. The first-order chi connectivity index (χ1) is 8.88. The van der Waals surface area contributed by atoms with Gasteiger partial charge in [-0.25, -0.2) is 4.79 Å². The molecule has 0 aliphatic carbocycles. The number of nitrogens with one attached hydrogen (secondary N) is 1. The average molecular weight is 270 g/mol. The maximum Gasteiger partial charge on any atom is 0.343 e. The molecule has 0 heterocycles. The summed E-state index contributed by atoms with van der Waals surface area (Å²) in [7, 11) is 0. The number of halogens is 1. The number of amides is 1. The minimum Gasteiger partial charge on any atom is -0.477 e. The number of nitro benzene ring substituents is 1. The number of carboxylic acids is 1. The van der Waals surface area contributed by atoms with E-state index in [1.54, 1.807) is 0 Å². The fourth-order valence-corrected chi connectivity index (χ4v) is 1.66. The van der Waals surface area contributed by atoms with Crippen molar-refractivity contribution >= 4 is 23.3 Å². The summed E-state index contributed by atoms with van der Waals surface area (Å²) in [5.41, 5.74) is -1.56. The number of aryl methyl sites for hydroxylation is 1. The molecule has 2 N–H and O–H groups in total. The molecule has 0 aliphatic rings. The van der Waals surface area contributed by atoms with E-state index >= 15 is 0 Å². The molecule has 1 rings (SSSR count). The number of nitro groups is 1. The number of rotatable bonds is 5. The third kappa shape index (κ3) is 3.24. The summed E-state index contributed by atoms with van der Waals surface area (Å²) in [5, 5.41) is 22.2. The molecule has 19 heavy (non-hydrogen) atoms. The number of alkyl halides is 1. The van der Waals surface area contributed by atoms with Crippen LogP contribution in [0.2, 0.25) is 0 Å². The number of carboxylic acid groups (broad SMARTS) is 1. The Morgan fingerprint density at radius 3 is 2.53 bits per heavy atom. The molecule has 0 aromatic heterocycles. The van der Waals surface area contributed by atoms with Gasteiger partial charge in [0.25, 0.3) is 0 Å². The fourth-order valence-electron chi connectivity index (χ4n) is 1.66. The minimum atomic E-state index is -1.54. The van der Waals surface area contributed by atoms with Gasteiger partial charge in [0, 0.05) is 13.3 Å². The van der Waals surface area contributed by atoms with Crippen molar-refractivity contribution in [1.82, 2.24) is 0 Å². The average Bonchev–Trinajstić information content (AvgIpc) is 2.29. The number of carbonyl (C=O) groups excluding carboxylic acids is 1. The lowest BCUT2D eigenvalue weighted by atomic mass is 10.0. The molecular formula is C11H11FN2O5. The summed E-state index contributed by atoms with van der Waals surface area (Å²) in [6.45, 7) is 0.302. The van der Waals surface area contributed by atoms with Gasteiger partial charge < -0.3 is 10.4 Å². The number of nitrogens with zero attached hydrogens (tertiary/aromatic N) is 1. The third-order valence-corrected chi connectivity index (χ3v) is 2.34. The molecule has 1 amide bonds. The van der Waals surface area contributed by atoms with Crippen molar-refractivity contribution < 1.29 is 24.0 Å². The molecule has 8 heteroatoms. The summed E-state index contributed by atoms with van der Waals surface area (Å²) in [6, 6.07) is 2.44. The van der Waals surface area contributed by atoms with Crippen molar-refractivity contribution in [3.05, 3.63) is 33.4 Å². The van der Waals surface area contributed by atoms with Crippen LogP contribution in [0.1, 0.15) is 22.8 Å². The van der Waals surface area contributed by atoms with Crippen LogP contribution in [0.3, 0.4) is 0 Å². The van der Waals surface area contributed by atoms with Gasteiger partial charge in [-0.05, 0) is 11.6 Å². The molecule has 0 saturated carbocycles. The molecular weight excluding hydrogens is 259 g/mol. The van der Waals surface area contributed by atoms with E-state index in [0.717, 1.165) is 6.92 Å². The van der Waals surface area contributed by atoms with Crippen LogP contribution in [0, 0.1) is 10.1 Å². The number of hydrogen-bond acceptors (Lipinski definition) is 4.